The third kappa shape index (κ3) is 6.04. The summed E-state index contributed by atoms with van der Waals surface area (Å²) in [7, 11) is 1.74. The molecule has 9 nitrogen and oxygen atoms in total. The standard InChI is InChI=1S/C25H29ClN4O5/c1-3-27-23(31)13-18-8-9-20-22(35-18)14-34-21-10-7-17(12-19(21)24(32)30(20)2)29-25(33)28-16-6-4-5-15(26)11-16/h4-7,10-12,18,20,22H,3,8-9,13-14H2,1-2H3,(H,27,31)(H2,28,29,33)/t18-,20+,22+/m1/s1. The Labute approximate surface area is 209 Å². The Morgan fingerprint density at radius 3 is 2.63 bits per heavy atom. The van der Waals surface area contributed by atoms with Gasteiger partial charge in [0.05, 0.1) is 24.1 Å². The Balaban J connectivity index is 1.45. The first-order valence-corrected chi connectivity index (χ1v) is 12.0. The molecule has 1 fully saturated rings. The molecule has 0 spiro atoms. The molecule has 3 atom stereocenters. The van der Waals surface area contributed by atoms with Gasteiger partial charge >= 0.3 is 6.03 Å². The molecule has 0 saturated carbocycles. The Bertz CT molecular complexity index is 1110. The van der Waals surface area contributed by atoms with Crippen molar-refractivity contribution in [2.24, 2.45) is 0 Å². The number of halogens is 1. The van der Waals surface area contributed by atoms with E-state index in [4.69, 9.17) is 21.1 Å². The van der Waals surface area contributed by atoms with Gasteiger partial charge in [0.25, 0.3) is 5.91 Å². The highest BCUT2D eigenvalue weighted by Crippen LogP contribution is 2.32. The SMILES string of the molecule is CCNC(=O)C[C@H]1CC[C@H]2[C@H](COc3ccc(NC(=O)Nc4cccc(Cl)c4)cc3C(=O)N2C)O1. The minimum atomic E-state index is -0.460. The van der Waals surface area contributed by atoms with Crippen molar-refractivity contribution in [3.05, 3.63) is 53.1 Å². The Hall–Kier alpha value is -3.30. The molecule has 4 amide bonds. The van der Waals surface area contributed by atoms with E-state index in [1.807, 2.05) is 6.92 Å². The van der Waals surface area contributed by atoms with Gasteiger partial charge in [0.15, 0.2) is 0 Å². The van der Waals surface area contributed by atoms with Crippen LogP contribution in [0.2, 0.25) is 5.02 Å². The average Bonchev–Trinajstić information content (AvgIpc) is 2.82. The molecule has 2 aromatic carbocycles. The van der Waals surface area contributed by atoms with Gasteiger partial charge in [-0.2, -0.15) is 0 Å². The monoisotopic (exact) mass is 500 g/mol. The summed E-state index contributed by atoms with van der Waals surface area (Å²) in [6.45, 7) is 2.71. The number of amides is 4. The number of rotatable bonds is 5. The molecule has 0 aromatic heterocycles. The zero-order valence-corrected chi connectivity index (χ0v) is 20.4. The molecule has 0 unspecified atom stereocenters. The number of ether oxygens (including phenoxy) is 2. The molecule has 10 heteroatoms. The first kappa shape index (κ1) is 24.8. The second-order valence-electron chi connectivity index (χ2n) is 8.63. The molecule has 2 aliphatic rings. The fourth-order valence-electron chi connectivity index (χ4n) is 4.44. The molecule has 0 radical (unpaired) electrons. The van der Waals surface area contributed by atoms with Crippen LogP contribution in [0.25, 0.3) is 0 Å². The largest absolute Gasteiger partial charge is 0.490 e. The minimum absolute atomic E-state index is 0.0445. The molecular formula is C25H29ClN4O5. The number of carbonyl (C=O) groups is 3. The van der Waals surface area contributed by atoms with E-state index in [1.54, 1.807) is 54.4 Å². The van der Waals surface area contributed by atoms with Crippen molar-refractivity contribution in [3.63, 3.8) is 0 Å². The summed E-state index contributed by atoms with van der Waals surface area (Å²) in [5.74, 6) is 0.145. The summed E-state index contributed by atoms with van der Waals surface area (Å²) in [6.07, 6.45) is 1.12. The number of anilines is 2. The second-order valence-corrected chi connectivity index (χ2v) is 9.06. The van der Waals surface area contributed by atoms with Crippen molar-refractivity contribution in [2.45, 2.75) is 44.4 Å². The Kier molecular flexibility index (Phi) is 7.77. The quantitative estimate of drug-likeness (QED) is 0.577. The van der Waals surface area contributed by atoms with E-state index in [-0.39, 0.29) is 43.1 Å². The summed E-state index contributed by atoms with van der Waals surface area (Å²) < 4.78 is 12.1. The molecule has 4 rings (SSSR count). The smallest absolute Gasteiger partial charge is 0.323 e. The van der Waals surface area contributed by atoms with Crippen LogP contribution < -0.4 is 20.7 Å². The fourth-order valence-corrected chi connectivity index (χ4v) is 4.63. The summed E-state index contributed by atoms with van der Waals surface area (Å²) in [5.41, 5.74) is 1.36. The van der Waals surface area contributed by atoms with Crippen LogP contribution in [0.5, 0.6) is 5.75 Å². The first-order valence-electron chi connectivity index (χ1n) is 11.6. The highest BCUT2D eigenvalue weighted by molar-refractivity contribution is 6.30. The van der Waals surface area contributed by atoms with Crippen LogP contribution in [0.15, 0.2) is 42.5 Å². The van der Waals surface area contributed by atoms with Gasteiger partial charge in [-0.05, 0) is 56.2 Å². The molecule has 35 heavy (non-hydrogen) atoms. The molecule has 0 bridgehead atoms. The lowest BCUT2D eigenvalue weighted by Crippen LogP contribution is -2.54. The van der Waals surface area contributed by atoms with Crippen LogP contribution in [0.4, 0.5) is 16.2 Å². The van der Waals surface area contributed by atoms with E-state index >= 15 is 0 Å². The van der Waals surface area contributed by atoms with Crippen LogP contribution >= 0.6 is 11.6 Å². The van der Waals surface area contributed by atoms with Gasteiger partial charge in [-0.3, -0.25) is 9.59 Å². The summed E-state index contributed by atoms with van der Waals surface area (Å²) >= 11 is 5.96. The first-order chi connectivity index (χ1) is 16.8. The number of nitrogens with one attached hydrogen (secondary N) is 3. The summed E-state index contributed by atoms with van der Waals surface area (Å²) in [5, 5.41) is 8.76. The number of carbonyl (C=O) groups excluding carboxylic acids is 3. The van der Waals surface area contributed by atoms with Gasteiger partial charge in [-0.15, -0.1) is 0 Å². The molecule has 2 aliphatic heterocycles. The number of hydrogen-bond donors (Lipinski definition) is 3. The van der Waals surface area contributed by atoms with Crippen molar-refractivity contribution < 1.29 is 23.9 Å². The zero-order chi connectivity index (χ0) is 24.9. The molecule has 2 aromatic rings. The number of urea groups is 1. The number of fused-ring (bicyclic) bond motifs is 2. The maximum Gasteiger partial charge on any atom is 0.323 e. The Morgan fingerprint density at radius 2 is 1.89 bits per heavy atom. The van der Waals surface area contributed by atoms with Crippen molar-refractivity contribution in [1.29, 1.82) is 0 Å². The maximum absolute atomic E-state index is 13.3. The number of likely N-dealkylation sites (N-methyl/N-ethyl adjacent to an activating group) is 1. The zero-order valence-electron chi connectivity index (χ0n) is 19.7. The highest BCUT2D eigenvalue weighted by Gasteiger charge is 2.39. The van der Waals surface area contributed by atoms with Crippen LogP contribution in [0.1, 0.15) is 36.5 Å². The molecule has 186 valence electrons. The predicted molar refractivity (Wildman–Crippen MR) is 133 cm³/mol. The normalized spacial score (nSPS) is 21.5. The van der Waals surface area contributed by atoms with Crippen LogP contribution in [-0.4, -0.2) is 61.2 Å². The topological polar surface area (TPSA) is 109 Å². The van der Waals surface area contributed by atoms with Crippen LogP contribution in [-0.2, 0) is 9.53 Å². The molecular weight excluding hydrogens is 472 g/mol. The van der Waals surface area contributed by atoms with E-state index in [0.717, 1.165) is 0 Å². The van der Waals surface area contributed by atoms with E-state index < -0.39 is 6.03 Å². The third-order valence-electron chi connectivity index (χ3n) is 6.14. The molecule has 3 N–H and O–H groups in total. The number of benzene rings is 2. The van der Waals surface area contributed by atoms with Crippen molar-refractivity contribution in [3.8, 4) is 5.75 Å². The lowest BCUT2D eigenvalue weighted by molar-refractivity contribution is -0.133. The van der Waals surface area contributed by atoms with Gasteiger partial charge in [0, 0.05) is 30.0 Å². The predicted octanol–water partition coefficient (Wildman–Crippen LogP) is 3.89. The Morgan fingerprint density at radius 1 is 1.11 bits per heavy atom. The van der Waals surface area contributed by atoms with E-state index in [1.165, 1.54) is 0 Å². The molecule has 2 heterocycles. The third-order valence-corrected chi connectivity index (χ3v) is 6.37. The maximum atomic E-state index is 13.3. The van der Waals surface area contributed by atoms with E-state index in [2.05, 4.69) is 16.0 Å². The average molecular weight is 501 g/mol. The summed E-state index contributed by atoms with van der Waals surface area (Å²) in [4.78, 5) is 39.4. The van der Waals surface area contributed by atoms with Gasteiger partial charge in [-0.25, -0.2) is 4.79 Å². The number of nitrogens with zero attached hydrogens (tertiary/aromatic N) is 1. The van der Waals surface area contributed by atoms with E-state index in [9.17, 15) is 14.4 Å². The van der Waals surface area contributed by atoms with Gasteiger partial charge < -0.3 is 30.3 Å². The molecule has 1 saturated heterocycles. The van der Waals surface area contributed by atoms with E-state index in [0.29, 0.717) is 47.1 Å². The van der Waals surface area contributed by atoms with Gasteiger partial charge in [0.1, 0.15) is 18.5 Å². The van der Waals surface area contributed by atoms with Crippen molar-refractivity contribution >= 4 is 40.8 Å². The minimum Gasteiger partial charge on any atom is -0.490 e. The van der Waals surface area contributed by atoms with Gasteiger partial charge in [-0.1, -0.05) is 17.7 Å². The highest BCUT2D eigenvalue weighted by atomic mass is 35.5. The number of hydrogen-bond acceptors (Lipinski definition) is 5. The molecule has 0 aliphatic carbocycles. The summed E-state index contributed by atoms with van der Waals surface area (Å²) in [6, 6.07) is 11.1. The van der Waals surface area contributed by atoms with Crippen molar-refractivity contribution in [1.82, 2.24) is 10.2 Å². The van der Waals surface area contributed by atoms with Crippen LogP contribution in [0.3, 0.4) is 0 Å². The fraction of sp³-hybridized carbons (Fsp3) is 0.400. The van der Waals surface area contributed by atoms with Crippen molar-refractivity contribution in [2.75, 3.05) is 30.8 Å². The van der Waals surface area contributed by atoms with Crippen LogP contribution in [0, 0.1) is 0 Å². The lowest BCUT2D eigenvalue weighted by Gasteiger charge is -2.42. The second kappa shape index (κ2) is 11.0. The lowest BCUT2D eigenvalue weighted by atomic mass is 9.94. The van der Waals surface area contributed by atoms with Gasteiger partial charge in [0.2, 0.25) is 5.91 Å².